The molecule has 6 rings (SSSR count). The molecule has 34 heavy (non-hydrogen) atoms. The second-order valence-corrected chi connectivity index (χ2v) is 7.30. The molecule has 0 aliphatic carbocycles. The number of rotatable bonds is 6. The summed E-state index contributed by atoms with van der Waals surface area (Å²) in [7, 11) is 0. The van der Waals surface area contributed by atoms with Gasteiger partial charge in [-0.3, -0.25) is 9.55 Å². The lowest BCUT2D eigenvalue weighted by Crippen LogP contribution is -2.01. The Morgan fingerprint density at radius 2 is 1.76 bits per heavy atom. The monoisotopic (exact) mass is 452 g/mol. The van der Waals surface area contributed by atoms with Crippen molar-refractivity contribution in [2.75, 3.05) is 5.73 Å². The van der Waals surface area contributed by atoms with Gasteiger partial charge in [0.05, 0.1) is 11.7 Å². The zero-order chi connectivity index (χ0) is 22.9. The topological polar surface area (TPSA) is 144 Å². The van der Waals surface area contributed by atoms with Gasteiger partial charge in [0.1, 0.15) is 11.3 Å². The maximum absolute atomic E-state index is 5.92. The SMILES string of the molecule is Nc1nonc1-c1nc2cnccc2n1-c1ccc(OCc2noc(-c3ccccc3)n2)cc1. The summed E-state index contributed by atoms with van der Waals surface area (Å²) in [6.07, 6.45) is 3.37. The molecule has 0 unspecified atom stereocenters. The molecule has 0 atom stereocenters. The molecular weight excluding hydrogens is 436 g/mol. The van der Waals surface area contributed by atoms with E-state index in [4.69, 9.17) is 19.6 Å². The van der Waals surface area contributed by atoms with E-state index in [9.17, 15) is 0 Å². The van der Waals surface area contributed by atoms with Gasteiger partial charge in [-0.25, -0.2) is 9.61 Å². The van der Waals surface area contributed by atoms with Crippen LogP contribution in [0.1, 0.15) is 5.82 Å². The highest BCUT2D eigenvalue weighted by atomic mass is 16.6. The first-order valence-electron chi connectivity index (χ1n) is 10.3. The van der Waals surface area contributed by atoms with Gasteiger partial charge in [-0.05, 0) is 52.8 Å². The molecule has 0 saturated heterocycles. The summed E-state index contributed by atoms with van der Waals surface area (Å²) in [5, 5.41) is 11.6. The van der Waals surface area contributed by atoms with Gasteiger partial charge in [0.2, 0.25) is 5.82 Å². The summed E-state index contributed by atoms with van der Waals surface area (Å²) in [4.78, 5) is 13.1. The van der Waals surface area contributed by atoms with Crippen LogP contribution in [0.4, 0.5) is 5.82 Å². The zero-order valence-corrected chi connectivity index (χ0v) is 17.6. The number of ether oxygens (including phenoxy) is 1. The van der Waals surface area contributed by atoms with E-state index in [-0.39, 0.29) is 12.4 Å². The maximum atomic E-state index is 5.92. The molecular formula is C23H16N8O3. The highest BCUT2D eigenvalue weighted by Gasteiger charge is 2.20. The minimum Gasteiger partial charge on any atom is -0.485 e. The third kappa shape index (κ3) is 3.50. The molecule has 6 aromatic rings. The second kappa shape index (κ2) is 8.13. The van der Waals surface area contributed by atoms with Crippen LogP contribution >= 0.6 is 0 Å². The molecule has 0 radical (unpaired) electrons. The van der Waals surface area contributed by atoms with Gasteiger partial charge < -0.3 is 15.0 Å². The summed E-state index contributed by atoms with van der Waals surface area (Å²) in [5.41, 5.74) is 9.47. The van der Waals surface area contributed by atoms with Gasteiger partial charge >= 0.3 is 0 Å². The fourth-order valence-electron chi connectivity index (χ4n) is 3.55. The normalized spacial score (nSPS) is 11.2. The van der Waals surface area contributed by atoms with E-state index in [2.05, 4.69) is 30.4 Å². The Labute approximate surface area is 191 Å². The van der Waals surface area contributed by atoms with E-state index in [0.717, 1.165) is 16.8 Å². The standard InChI is InChI=1S/C23H16N8O3/c24-21-20(29-34-30-21)22-26-17-12-25-11-10-18(17)31(22)15-6-8-16(9-7-15)32-13-19-27-23(33-28-19)14-4-2-1-3-5-14/h1-12H,13H2,(H2,24,30). The number of benzene rings is 2. The average Bonchev–Trinajstić information content (AvgIpc) is 3.62. The van der Waals surface area contributed by atoms with Gasteiger partial charge in [0.15, 0.2) is 23.9 Å². The van der Waals surface area contributed by atoms with Crippen molar-refractivity contribution in [3.8, 4) is 34.4 Å². The van der Waals surface area contributed by atoms with Crippen LogP contribution in [0.5, 0.6) is 5.75 Å². The summed E-state index contributed by atoms with van der Waals surface area (Å²) in [6, 6.07) is 18.9. The number of hydrogen-bond acceptors (Lipinski definition) is 10. The first kappa shape index (κ1) is 19.6. The summed E-state index contributed by atoms with van der Waals surface area (Å²) in [5.74, 6) is 2.19. The van der Waals surface area contributed by atoms with Crippen molar-refractivity contribution in [1.29, 1.82) is 0 Å². The maximum Gasteiger partial charge on any atom is 0.258 e. The number of nitrogens with two attached hydrogens (primary N) is 1. The number of anilines is 1. The minimum atomic E-state index is 0.152. The van der Waals surface area contributed by atoms with Crippen LogP contribution in [0, 0.1) is 0 Å². The van der Waals surface area contributed by atoms with Crippen LogP contribution in [0.15, 0.2) is 82.2 Å². The number of fused-ring (bicyclic) bond motifs is 1. The Balaban J connectivity index is 1.26. The molecule has 0 bridgehead atoms. The Bertz CT molecular complexity index is 1570. The Hall–Kier alpha value is -5.06. The summed E-state index contributed by atoms with van der Waals surface area (Å²) >= 11 is 0. The Morgan fingerprint density at radius 3 is 2.56 bits per heavy atom. The van der Waals surface area contributed by atoms with Crippen molar-refractivity contribution in [1.82, 2.24) is 35.0 Å². The third-order valence-electron chi connectivity index (χ3n) is 5.13. The lowest BCUT2D eigenvalue weighted by molar-refractivity contribution is 0.287. The van der Waals surface area contributed by atoms with Gasteiger partial charge in [-0.15, -0.1) is 0 Å². The highest BCUT2D eigenvalue weighted by Crippen LogP contribution is 2.30. The predicted octanol–water partition coefficient (Wildman–Crippen LogP) is 3.68. The second-order valence-electron chi connectivity index (χ2n) is 7.30. The van der Waals surface area contributed by atoms with E-state index in [1.54, 1.807) is 12.4 Å². The molecule has 4 aromatic heterocycles. The first-order chi connectivity index (χ1) is 16.8. The molecule has 0 aliphatic rings. The van der Waals surface area contributed by atoms with Crippen LogP contribution in [0.25, 0.3) is 39.7 Å². The molecule has 166 valence electrons. The number of aromatic nitrogens is 7. The van der Waals surface area contributed by atoms with Crippen molar-refractivity contribution in [3.05, 3.63) is 78.9 Å². The first-order valence-corrected chi connectivity index (χ1v) is 10.3. The van der Waals surface area contributed by atoms with Crippen LogP contribution in [-0.4, -0.2) is 35.0 Å². The van der Waals surface area contributed by atoms with E-state index in [0.29, 0.717) is 34.5 Å². The molecule has 0 amide bonds. The quantitative estimate of drug-likeness (QED) is 0.397. The van der Waals surface area contributed by atoms with Crippen LogP contribution < -0.4 is 10.5 Å². The van der Waals surface area contributed by atoms with Gasteiger partial charge in [-0.2, -0.15) is 4.98 Å². The van der Waals surface area contributed by atoms with E-state index in [1.807, 2.05) is 65.2 Å². The zero-order valence-electron chi connectivity index (χ0n) is 17.6. The fraction of sp³-hybridized carbons (Fsp3) is 0.0435. The number of pyridine rings is 1. The largest absolute Gasteiger partial charge is 0.485 e. The van der Waals surface area contributed by atoms with E-state index >= 15 is 0 Å². The highest BCUT2D eigenvalue weighted by molar-refractivity contribution is 5.83. The van der Waals surface area contributed by atoms with Gasteiger partial charge in [0.25, 0.3) is 5.89 Å². The molecule has 2 aromatic carbocycles. The van der Waals surface area contributed by atoms with Crippen LogP contribution in [0.2, 0.25) is 0 Å². The molecule has 4 heterocycles. The summed E-state index contributed by atoms with van der Waals surface area (Å²) in [6.45, 7) is 0.168. The fourth-order valence-corrected chi connectivity index (χ4v) is 3.55. The molecule has 0 spiro atoms. The molecule has 0 fully saturated rings. The van der Waals surface area contributed by atoms with Crippen molar-refractivity contribution < 1.29 is 13.9 Å². The minimum absolute atomic E-state index is 0.152. The van der Waals surface area contributed by atoms with Crippen molar-refractivity contribution in [2.24, 2.45) is 0 Å². The van der Waals surface area contributed by atoms with E-state index in [1.165, 1.54) is 0 Å². The Kier molecular flexibility index (Phi) is 4.69. The van der Waals surface area contributed by atoms with Gasteiger partial charge in [0, 0.05) is 17.4 Å². The predicted molar refractivity (Wildman–Crippen MR) is 121 cm³/mol. The van der Waals surface area contributed by atoms with Crippen molar-refractivity contribution in [3.63, 3.8) is 0 Å². The summed E-state index contributed by atoms with van der Waals surface area (Å²) < 4.78 is 17.8. The number of hydrogen-bond donors (Lipinski definition) is 1. The van der Waals surface area contributed by atoms with Crippen molar-refractivity contribution >= 4 is 16.9 Å². The lowest BCUT2D eigenvalue weighted by Gasteiger charge is -2.09. The molecule has 0 aliphatic heterocycles. The smallest absolute Gasteiger partial charge is 0.258 e. The third-order valence-corrected chi connectivity index (χ3v) is 5.13. The van der Waals surface area contributed by atoms with Crippen LogP contribution in [0.3, 0.4) is 0 Å². The lowest BCUT2D eigenvalue weighted by atomic mass is 10.2. The molecule has 2 N–H and O–H groups in total. The number of imidazole rings is 1. The number of nitrogens with zero attached hydrogens (tertiary/aromatic N) is 7. The number of nitrogen functional groups attached to an aromatic ring is 1. The average molecular weight is 452 g/mol. The van der Waals surface area contributed by atoms with Crippen molar-refractivity contribution in [2.45, 2.75) is 6.61 Å². The van der Waals surface area contributed by atoms with Gasteiger partial charge in [-0.1, -0.05) is 23.4 Å². The molecule has 11 nitrogen and oxygen atoms in total. The molecule has 0 saturated carbocycles. The Morgan fingerprint density at radius 1 is 0.912 bits per heavy atom. The molecule has 11 heteroatoms. The van der Waals surface area contributed by atoms with Crippen LogP contribution in [-0.2, 0) is 6.61 Å². The van der Waals surface area contributed by atoms with E-state index < -0.39 is 0 Å².